The number of hydrogen-bond donors (Lipinski definition) is 0. The summed E-state index contributed by atoms with van der Waals surface area (Å²) in [5.41, 5.74) is 0. The standard InChI is InChI=1S/C21H37B/c1-17-11-10-13-18-12-6-5-7-14-19(18)20(17)21(22)15-8-3-2-4-9-16-21/h17-20H,2-16H2,1H3. The van der Waals surface area contributed by atoms with E-state index in [4.69, 9.17) is 7.85 Å². The molecule has 0 aromatic carbocycles. The van der Waals surface area contributed by atoms with Gasteiger partial charge in [0.15, 0.2) is 0 Å². The van der Waals surface area contributed by atoms with Crippen LogP contribution >= 0.6 is 0 Å². The number of hydrogen-bond acceptors (Lipinski definition) is 0. The minimum Gasteiger partial charge on any atom is -0.0628 e. The van der Waals surface area contributed by atoms with Gasteiger partial charge in [-0.05, 0) is 30.1 Å². The Kier molecular flexibility index (Phi) is 5.96. The van der Waals surface area contributed by atoms with Crippen molar-refractivity contribution < 1.29 is 0 Å². The van der Waals surface area contributed by atoms with E-state index in [1.54, 1.807) is 0 Å². The lowest BCUT2D eigenvalue weighted by Gasteiger charge is -2.48. The van der Waals surface area contributed by atoms with Gasteiger partial charge in [-0.2, -0.15) is 0 Å². The van der Waals surface area contributed by atoms with Gasteiger partial charge in [0, 0.05) is 0 Å². The van der Waals surface area contributed by atoms with Gasteiger partial charge in [0.1, 0.15) is 0 Å². The molecule has 0 amide bonds. The van der Waals surface area contributed by atoms with E-state index >= 15 is 0 Å². The van der Waals surface area contributed by atoms with Crippen molar-refractivity contribution in [1.29, 1.82) is 0 Å². The highest BCUT2D eigenvalue weighted by Crippen LogP contribution is 2.57. The van der Waals surface area contributed by atoms with Gasteiger partial charge in [0.2, 0.25) is 0 Å². The van der Waals surface area contributed by atoms with Crippen molar-refractivity contribution in [3.05, 3.63) is 0 Å². The second-order valence-corrected chi connectivity index (χ2v) is 9.00. The number of fused-ring (bicyclic) bond motifs is 1. The maximum Gasteiger partial charge on any atom is 0.0750 e. The zero-order valence-electron chi connectivity index (χ0n) is 15.0. The van der Waals surface area contributed by atoms with E-state index in [0.29, 0.717) is 0 Å². The highest BCUT2D eigenvalue weighted by atomic mass is 14.5. The van der Waals surface area contributed by atoms with Gasteiger partial charge in [-0.15, -0.1) is 0 Å². The van der Waals surface area contributed by atoms with Crippen LogP contribution in [0.1, 0.15) is 103 Å². The highest BCUT2D eigenvalue weighted by molar-refractivity contribution is 6.15. The summed E-state index contributed by atoms with van der Waals surface area (Å²) in [5.74, 6) is 3.63. The lowest BCUT2D eigenvalue weighted by Crippen LogP contribution is -2.37. The maximum atomic E-state index is 7.22. The van der Waals surface area contributed by atoms with Gasteiger partial charge in [-0.1, -0.05) is 102 Å². The Morgan fingerprint density at radius 3 is 2.05 bits per heavy atom. The monoisotopic (exact) mass is 300 g/mol. The fraction of sp³-hybridized carbons (Fsp3) is 1.00. The third-order valence-corrected chi connectivity index (χ3v) is 7.47. The quantitative estimate of drug-likeness (QED) is 0.473. The topological polar surface area (TPSA) is 0 Å². The first-order chi connectivity index (χ1) is 10.7. The summed E-state index contributed by atoms with van der Waals surface area (Å²) < 4.78 is 0. The van der Waals surface area contributed by atoms with Crippen LogP contribution in [-0.2, 0) is 0 Å². The lowest BCUT2D eigenvalue weighted by molar-refractivity contribution is 0.106. The minimum absolute atomic E-state index is 0.164. The first-order valence-corrected chi connectivity index (χ1v) is 10.5. The van der Waals surface area contributed by atoms with Crippen LogP contribution in [0.25, 0.3) is 0 Å². The van der Waals surface area contributed by atoms with Crippen molar-refractivity contribution in [3.8, 4) is 0 Å². The summed E-state index contributed by atoms with van der Waals surface area (Å²) in [7, 11) is 7.22. The molecule has 4 atom stereocenters. The first-order valence-electron chi connectivity index (χ1n) is 10.5. The van der Waals surface area contributed by atoms with Crippen LogP contribution in [0.5, 0.6) is 0 Å². The predicted octanol–water partition coefficient (Wildman–Crippen LogP) is 6.69. The third kappa shape index (κ3) is 3.76. The zero-order valence-corrected chi connectivity index (χ0v) is 15.0. The molecule has 0 heterocycles. The van der Waals surface area contributed by atoms with Gasteiger partial charge < -0.3 is 0 Å². The zero-order chi connectivity index (χ0) is 15.4. The molecule has 3 saturated carbocycles. The summed E-state index contributed by atoms with van der Waals surface area (Å²) in [6.45, 7) is 2.55. The molecule has 3 rings (SSSR count). The molecule has 3 aliphatic rings. The Morgan fingerprint density at radius 1 is 0.682 bits per heavy atom. The van der Waals surface area contributed by atoms with E-state index in [0.717, 1.165) is 23.7 Å². The van der Waals surface area contributed by atoms with Crippen LogP contribution in [0.4, 0.5) is 0 Å². The normalized spacial score (nSPS) is 40.6. The van der Waals surface area contributed by atoms with Crippen LogP contribution < -0.4 is 0 Å². The summed E-state index contributed by atoms with van der Waals surface area (Å²) >= 11 is 0. The summed E-state index contributed by atoms with van der Waals surface area (Å²) in [4.78, 5) is 0. The van der Waals surface area contributed by atoms with Crippen molar-refractivity contribution in [2.75, 3.05) is 0 Å². The van der Waals surface area contributed by atoms with E-state index in [-0.39, 0.29) is 5.31 Å². The van der Waals surface area contributed by atoms with Gasteiger partial charge in [0.05, 0.1) is 7.85 Å². The SMILES string of the molecule is [B]C1(C2C(C)CCCC3CCCCCC32)CCCCCCC1. The second-order valence-electron chi connectivity index (χ2n) is 9.00. The fourth-order valence-corrected chi connectivity index (χ4v) is 6.44. The Hall–Kier alpha value is 0.0649. The fourth-order valence-electron chi connectivity index (χ4n) is 6.44. The molecule has 0 saturated heterocycles. The Bertz CT molecular complexity index is 329. The lowest BCUT2D eigenvalue weighted by atomic mass is 9.48. The molecule has 4 unspecified atom stereocenters. The van der Waals surface area contributed by atoms with Gasteiger partial charge in [-0.25, -0.2) is 0 Å². The molecule has 0 bridgehead atoms. The smallest absolute Gasteiger partial charge is 0.0628 e. The van der Waals surface area contributed by atoms with Crippen molar-refractivity contribution in [2.45, 2.75) is 109 Å². The average molecular weight is 300 g/mol. The van der Waals surface area contributed by atoms with Gasteiger partial charge in [0.25, 0.3) is 0 Å². The molecule has 3 aliphatic carbocycles. The van der Waals surface area contributed by atoms with E-state index in [9.17, 15) is 0 Å². The van der Waals surface area contributed by atoms with Gasteiger partial charge >= 0.3 is 0 Å². The highest BCUT2D eigenvalue weighted by Gasteiger charge is 2.44. The second kappa shape index (κ2) is 7.76. The van der Waals surface area contributed by atoms with Crippen molar-refractivity contribution >= 4 is 7.85 Å². The van der Waals surface area contributed by atoms with E-state index in [1.165, 1.54) is 96.3 Å². The van der Waals surface area contributed by atoms with Crippen LogP contribution in [0.2, 0.25) is 5.31 Å². The summed E-state index contributed by atoms with van der Waals surface area (Å²) in [6, 6.07) is 0. The minimum atomic E-state index is 0.164. The van der Waals surface area contributed by atoms with E-state index in [1.807, 2.05) is 0 Å². The molecule has 1 heteroatoms. The van der Waals surface area contributed by atoms with Crippen LogP contribution in [-0.4, -0.2) is 7.85 Å². The Morgan fingerprint density at radius 2 is 1.27 bits per heavy atom. The van der Waals surface area contributed by atoms with Gasteiger partial charge in [-0.3, -0.25) is 0 Å². The molecule has 0 aromatic rings. The van der Waals surface area contributed by atoms with Crippen LogP contribution in [0.3, 0.4) is 0 Å². The molecule has 0 spiro atoms. The molecule has 2 radical (unpaired) electrons. The van der Waals surface area contributed by atoms with E-state index < -0.39 is 0 Å². The molecule has 0 aliphatic heterocycles. The summed E-state index contributed by atoms with van der Waals surface area (Å²) in [6.07, 6.45) is 21.5. The molecule has 0 N–H and O–H groups in total. The molecule has 0 aromatic heterocycles. The molecule has 0 nitrogen and oxygen atoms in total. The molecule has 22 heavy (non-hydrogen) atoms. The Labute approximate surface area is 140 Å². The van der Waals surface area contributed by atoms with Crippen molar-refractivity contribution in [2.24, 2.45) is 23.7 Å². The summed E-state index contributed by atoms with van der Waals surface area (Å²) in [5, 5.41) is 0.164. The van der Waals surface area contributed by atoms with Crippen LogP contribution in [0, 0.1) is 23.7 Å². The molecule has 124 valence electrons. The van der Waals surface area contributed by atoms with Crippen molar-refractivity contribution in [3.63, 3.8) is 0 Å². The maximum absolute atomic E-state index is 7.22. The largest absolute Gasteiger partial charge is 0.0750 e. The van der Waals surface area contributed by atoms with Crippen molar-refractivity contribution in [1.82, 2.24) is 0 Å². The number of rotatable bonds is 1. The Balaban J connectivity index is 1.84. The average Bonchev–Trinajstić information content (AvgIpc) is 2.77. The third-order valence-electron chi connectivity index (χ3n) is 7.47. The first kappa shape index (κ1) is 16.9. The molecular formula is C21H37B. The molecular weight excluding hydrogens is 263 g/mol. The van der Waals surface area contributed by atoms with E-state index in [2.05, 4.69) is 6.92 Å². The predicted molar refractivity (Wildman–Crippen MR) is 97.3 cm³/mol. The van der Waals surface area contributed by atoms with Crippen LogP contribution in [0.15, 0.2) is 0 Å². The molecule has 3 fully saturated rings.